The molecule has 8 nitrogen and oxygen atoms in total. The lowest BCUT2D eigenvalue weighted by Crippen LogP contribution is -2.51. The number of rotatable bonds is 6. The molecular formula is C29H32F2N8. The number of hydrogen-bond acceptors (Lipinski definition) is 7. The molecular weight excluding hydrogens is 498 g/mol. The third kappa shape index (κ3) is 4.76. The maximum Gasteiger partial charge on any atom is 0.229 e. The third-order valence-corrected chi connectivity index (χ3v) is 8.41. The number of fused-ring (bicyclic) bond motifs is 1. The quantitative estimate of drug-likeness (QED) is 0.351. The van der Waals surface area contributed by atoms with E-state index in [1.165, 1.54) is 18.9 Å². The van der Waals surface area contributed by atoms with Crippen LogP contribution in [-0.2, 0) is 6.54 Å². The number of benzene rings is 1. The number of hydrogen-bond donors (Lipinski definition) is 2. The van der Waals surface area contributed by atoms with Crippen molar-refractivity contribution in [3.8, 4) is 11.3 Å². The average molecular weight is 531 g/mol. The van der Waals surface area contributed by atoms with Gasteiger partial charge in [0.25, 0.3) is 0 Å². The average Bonchev–Trinajstić information content (AvgIpc) is 3.30. The zero-order chi connectivity index (χ0) is 26.6. The molecule has 2 N–H and O–H groups in total. The third-order valence-electron chi connectivity index (χ3n) is 8.41. The van der Waals surface area contributed by atoms with Crippen molar-refractivity contribution in [2.24, 2.45) is 0 Å². The van der Waals surface area contributed by atoms with Gasteiger partial charge in [-0.3, -0.25) is 4.90 Å². The first-order chi connectivity index (χ1) is 19.0. The predicted molar refractivity (Wildman–Crippen MR) is 146 cm³/mol. The van der Waals surface area contributed by atoms with Gasteiger partial charge in [0.1, 0.15) is 22.9 Å². The summed E-state index contributed by atoms with van der Waals surface area (Å²) in [5.74, 6) is 0.439. The Labute approximate surface area is 225 Å². The Hall–Kier alpha value is -3.50. The first-order valence-electron chi connectivity index (χ1n) is 13.9. The molecule has 1 aliphatic heterocycles. The molecule has 2 aliphatic carbocycles. The smallest absolute Gasteiger partial charge is 0.229 e. The van der Waals surface area contributed by atoms with Crippen molar-refractivity contribution >= 4 is 22.8 Å². The number of pyridine rings is 1. The van der Waals surface area contributed by atoms with E-state index in [1.807, 2.05) is 25.3 Å². The van der Waals surface area contributed by atoms with Crippen LogP contribution >= 0.6 is 0 Å². The van der Waals surface area contributed by atoms with Gasteiger partial charge in [0.2, 0.25) is 5.95 Å². The van der Waals surface area contributed by atoms with Gasteiger partial charge >= 0.3 is 0 Å². The van der Waals surface area contributed by atoms with Crippen LogP contribution in [-0.4, -0.2) is 54.6 Å². The maximum atomic E-state index is 15.2. The fraction of sp³-hybridized carbons (Fsp3) is 0.448. The maximum absolute atomic E-state index is 15.2. The van der Waals surface area contributed by atoms with E-state index >= 15 is 4.39 Å². The highest BCUT2D eigenvalue weighted by Gasteiger charge is 2.45. The molecule has 0 unspecified atom stereocenters. The number of piperazine rings is 1. The van der Waals surface area contributed by atoms with E-state index in [0.717, 1.165) is 69.4 Å². The van der Waals surface area contributed by atoms with E-state index < -0.39 is 11.6 Å². The SMILES string of the molecule is Cc1nc2c(F)cc(-c3nc(Nc4ccc(CN5CCNC6(CC6)C5)cn4)ncc3F)cc2n1C1CCCC1. The summed E-state index contributed by atoms with van der Waals surface area (Å²) < 4.78 is 32.2. The monoisotopic (exact) mass is 530 g/mol. The second-order valence-corrected chi connectivity index (χ2v) is 11.3. The van der Waals surface area contributed by atoms with Crippen LogP contribution in [0.3, 0.4) is 0 Å². The highest BCUT2D eigenvalue weighted by Crippen LogP contribution is 2.38. The van der Waals surface area contributed by atoms with E-state index in [1.54, 1.807) is 6.07 Å². The molecule has 3 fully saturated rings. The number of anilines is 2. The normalized spacial score (nSPS) is 19.3. The molecule has 202 valence electrons. The van der Waals surface area contributed by atoms with E-state index in [2.05, 4.69) is 40.0 Å². The summed E-state index contributed by atoms with van der Waals surface area (Å²) in [5.41, 5.74) is 2.86. The molecule has 4 aromatic rings. The minimum atomic E-state index is -0.615. The fourth-order valence-electron chi connectivity index (χ4n) is 6.29. The molecule has 10 heteroatoms. The molecule has 1 saturated heterocycles. The topological polar surface area (TPSA) is 83.8 Å². The Morgan fingerprint density at radius 1 is 1.05 bits per heavy atom. The molecule has 0 amide bonds. The number of nitrogens with zero attached hydrogens (tertiary/aromatic N) is 6. The van der Waals surface area contributed by atoms with Gasteiger partial charge in [0.05, 0.1) is 11.7 Å². The van der Waals surface area contributed by atoms with E-state index in [9.17, 15) is 4.39 Å². The van der Waals surface area contributed by atoms with Gasteiger partial charge in [-0.1, -0.05) is 18.9 Å². The van der Waals surface area contributed by atoms with Gasteiger partial charge in [-0.2, -0.15) is 0 Å². The number of nitrogens with one attached hydrogen (secondary N) is 2. The van der Waals surface area contributed by atoms with Gasteiger partial charge in [-0.25, -0.2) is 28.7 Å². The minimum Gasteiger partial charge on any atom is -0.325 e. The van der Waals surface area contributed by atoms with Crippen LogP contribution in [0, 0.1) is 18.6 Å². The van der Waals surface area contributed by atoms with Gasteiger partial charge in [0.15, 0.2) is 11.6 Å². The first-order valence-corrected chi connectivity index (χ1v) is 13.9. The summed E-state index contributed by atoms with van der Waals surface area (Å²) >= 11 is 0. The highest BCUT2D eigenvalue weighted by atomic mass is 19.1. The molecule has 0 bridgehead atoms. The van der Waals surface area contributed by atoms with Crippen molar-refractivity contribution in [3.63, 3.8) is 0 Å². The van der Waals surface area contributed by atoms with Crippen molar-refractivity contribution in [1.29, 1.82) is 0 Å². The number of halogens is 2. The Morgan fingerprint density at radius 3 is 2.67 bits per heavy atom. The molecule has 0 radical (unpaired) electrons. The van der Waals surface area contributed by atoms with Crippen molar-refractivity contribution in [3.05, 3.63) is 59.7 Å². The van der Waals surface area contributed by atoms with Crippen LogP contribution in [0.25, 0.3) is 22.3 Å². The molecule has 3 aromatic heterocycles. The van der Waals surface area contributed by atoms with E-state index in [4.69, 9.17) is 0 Å². The molecule has 2 saturated carbocycles. The van der Waals surface area contributed by atoms with Gasteiger partial charge in [0, 0.05) is 49.5 Å². The summed E-state index contributed by atoms with van der Waals surface area (Å²) in [6.45, 7) is 5.89. The predicted octanol–water partition coefficient (Wildman–Crippen LogP) is 5.27. The highest BCUT2D eigenvalue weighted by molar-refractivity contribution is 5.83. The van der Waals surface area contributed by atoms with Crippen LogP contribution in [0.4, 0.5) is 20.5 Å². The number of imidazole rings is 1. The molecule has 1 spiro atoms. The molecule has 1 aromatic carbocycles. The molecule has 39 heavy (non-hydrogen) atoms. The molecule has 4 heterocycles. The first kappa shape index (κ1) is 24.5. The van der Waals surface area contributed by atoms with Crippen LogP contribution in [0.15, 0.2) is 36.7 Å². The lowest BCUT2D eigenvalue weighted by atomic mass is 10.1. The van der Waals surface area contributed by atoms with Crippen LogP contribution in [0.5, 0.6) is 0 Å². The van der Waals surface area contributed by atoms with Crippen molar-refractivity contribution < 1.29 is 8.78 Å². The van der Waals surface area contributed by atoms with Crippen molar-refractivity contribution in [2.45, 2.75) is 63.6 Å². The van der Waals surface area contributed by atoms with Crippen molar-refractivity contribution in [2.75, 3.05) is 25.0 Å². The van der Waals surface area contributed by atoms with Crippen molar-refractivity contribution in [1.82, 2.24) is 34.7 Å². The summed E-state index contributed by atoms with van der Waals surface area (Å²) in [6, 6.07) is 7.30. The van der Waals surface area contributed by atoms with Crippen LogP contribution < -0.4 is 10.6 Å². The number of aromatic nitrogens is 5. The minimum absolute atomic E-state index is 0.0365. The Morgan fingerprint density at radius 2 is 1.90 bits per heavy atom. The number of aryl methyl sites for hydroxylation is 1. The lowest BCUT2D eigenvalue weighted by Gasteiger charge is -2.33. The second kappa shape index (κ2) is 9.60. The zero-order valence-corrected chi connectivity index (χ0v) is 22.1. The van der Waals surface area contributed by atoms with Gasteiger partial charge in [-0.05, 0) is 56.4 Å². The summed E-state index contributed by atoms with van der Waals surface area (Å²) in [6.07, 6.45) is 9.85. The standard InChI is InChI=1S/C29H32F2N8/c1-18-35-27-22(30)12-20(13-24(27)39(18)21-4-2-3-5-21)26-23(31)15-33-28(37-26)36-25-7-6-19(14-32-25)16-38-11-10-34-29(17-38)8-9-29/h6-7,12-15,21,34H,2-5,8-11,16-17H2,1H3,(H,32,33,36,37). The largest absolute Gasteiger partial charge is 0.325 e. The summed E-state index contributed by atoms with van der Waals surface area (Å²) in [4.78, 5) is 20.0. The van der Waals surface area contributed by atoms with Gasteiger partial charge < -0.3 is 15.2 Å². The zero-order valence-electron chi connectivity index (χ0n) is 22.1. The van der Waals surface area contributed by atoms with Crippen LogP contribution in [0.1, 0.15) is 56.0 Å². The van der Waals surface area contributed by atoms with E-state index in [-0.39, 0.29) is 17.7 Å². The molecule has 0 atom stereocenters. The molecule has 7 rings (SSSR count). The Kier molecular flexibility index (Phi) is 6.04. The summed E-state index contributed by atoms with van der Waals surface area (Å²) in [7, 11) is 0. The Balaban J connectivity index is 1.12. The summed E-state index contributed by atoms with van der Waals surface area (Å²) in [5, 5.41) is 6.71. The second-order valence-electron chi connectivity index (χ2n) is 11.3. The fourth-order valence-corrected chi connectivity index (χ4v) is 6.29. The molecule has 3 aliphatic rings. The van der Waals surface area contributed by atoms with Gasteiger partial charge in [-0.15, -0.1) is 0 Å². The van der Waals surface area contributed by atoms with Crippen LogP contribution in [0.2, 0.25) is 0 Å². The Bertz CT molecular complexity index is 1520. The van der Waals surface area contributed by atoms with E-state index in [0.29, 0.717) is 28.0 Å². The lowest BCUT2D eigenvalue weighted by molar-refractivity contribution is 0.182.